The molecule has 1 aliphatic rings. The average Bonchev–Trinajstić information content (AvgIpc) is 2.92. The number of carbonyl (C=O) groups excluding carboxylic acids is 4. The van der Waals surface area contributed by atoms with Crippen LogP contribution in [0.15, 0.2) is 30.3 Å². The van der Waals surface area contributed by atoms with Gasteiger partial charge < -0.3 is 19.5 Å². The van der Waals surface area contributed by atoms with Crippen molar-refractivity contribution in [3.05, 3.63) is 35.9 Å². The number of hydrogen-bond acceptors (Lipinski definition) is 7. The molecule has 1 fully saturated rings. The van der Waals surface area contributed by atoms with Gasteiger partial charge in [-0.2, -0.15) is 4.90 Å². The number of rotatable bonds is 7. The normalized spacial score (nSPS) is 16.4. The molecule has 1 aromatic carbocycles. The number of ether oxygens (including phenoxy) is 3. The minimum Gasteiger partial charge on any atom is -0.445 e. The van der Waals surface area contributed by atoms with Gasteiger partial charge in [0, 0.05) is 6.54 Å². The van der Waals surface area contributed by atoms with Crippen LogP contribution in [-0.2, 0) is 25.6 Å². The van der Waals surface area contributed by atoms with E-state index in [9.17, 15) is 19.2 Å². The molecule has 158 valence electrons. The van der Waals surface area contributed by atoms with E-state index in [0.717, 1.165) is 5.56 Å². The Kier molecular flexibility index (Phi) is 7.58. The number of hydrogen-bond donors (Lipinski definition) is 1. The van der Waals surface area contributed by atoms with E-state index >= 15 is 0 Å². The van der Waals surface area contributed by atoms with Gasteiger partial charge in [-0.05, 0) is 45.6 Å². The Morgan fingerprint density at radius 3 is 2.48 bits per heavy atom. The van der Waals surface area contributed by atoms with Gasteiger partial charge in [-0.3, -0.25) is 0 Å². The van der Waals surface area contributed by atoms with Gasteiger partial charge >= 0.3 is 24.2 Å². The number of alkyl carbamates (subject to hydrolysis) is 1. The van der Waals surface area contributed by atoms with Crippen molar-refractivity contribution in [2.45, 2.75) is 58.3 Å². The van der Waals surface area contributed by atoms with E-state index in [1.165, 1.54) is 0 Å². The summed E-state index contributed by atoms with van der Waals surface area (Å²) in [6, 6.07) is 8.27. The Balaban J connectivity index is 1.71. The van der Waals surface area contributed by atoms with Crippen LogP contribution in [0, 0.1) is 0 Å². The van der Waals surface area contributed by atoms with Gasteiger partial charge in [-0.25, -0.2) is 19.2 Å². The van der Waals surface area contributed by atoms with Gasteiger partial charge in [0.15, 0.2) is 0 Å². The van der Waals surface area contributed by atoms with E-state index in [1.54, 1.807) is 20.8 Å². The number of cyclic esters (lactones) is 2. The number of nitrogens with one attached hydrogen (secondary N) is 1. The lowest BCUT2D eigenvalue weighted by Crippen LogP contribution is -2.43. The minimum atomic E-state index is -1.03. The van der Waals surface area contributed by atoms with E-state index in [-0.39, 0.29) is 13.0 Å². The molecule has 1 unspecified atom stereocenters. The van der Waals surface area contributed by atoms with Crippen LogP contribution in [0.5, 0.6) is 0 Å². The molecule has 9 nitrogen and oxygen atoms in total. The fraction of sp³-hybridized carbons (Fsp3) is 0.500. The molecule has 1 N–H and O–H groups in total. The Bertz CT molecular complexity index is 743. The SMILES string of the molecule is CC(C)(C)OC(=O)N1C(=O)OC(=O)C1CCCCNC(=O)OCc1ccccc1. The van der Waals surface area contributed by atoms with Crippen molar-refractivity contribution in [3.8, 4) is 0 Å². The highest BCUT2D eigenvalue weighted by Crippen LogP contribution is 2.22. The van der Waals surface area contributed by atoms with Crippen molar-refractivity contribution >= 4 is 24.2 Å². The summed E-state index contributed by atoms with van der Waals surface area (Å²) in [6.45, 7) is 5.48. The lowest BCUT2D eigenvalue weighted by Gasteiger charge is -2.24. The van der Waals surface area contributed by atoms with E-state index in [4.69, 9.17) is 9.47 Å². The zero-order chi connectivity index (χ0) is 21.4. The summed E-state index contributed by atoms with van der Waals surface area (Å²) in [5.74, 6) is -0.781. The van der Waals surface area contributed by atoms with E-state index in [1.807, 2.05) is 30.3 Å². The van der Waals surface area contributed by atoms with Gasteiger partial charge in [0.25, 0.3) is 0 Å². The van der Waals surface area contributed by atoms with E-state index < -0.39 is 35.9 Å². The topological polar surface area (TPSA) is 111 Å². The molecule has 1 aliphatic heterocycles. The molecule has 29 heavy (non-hydrogen) atoms. The quantitative estimate of drug-likeness (QED) is 0.320. The molecule has 0 aromatic heterocycles. The molecular weight excluding hydrogens is 380 g/mol. The first-order valence-electron chi connectivity index (χ1n) is 9.40. The first kappa shape index (κ1) is 22.2. The second-order valence-corrected chi connectivity index (χ2v) is 7.54. The molecule has 1 atom stereocenters. The fourth-order valence-electron chi connectivity index (χ4n) is 2.62. The van der Waals surface area contributed by atoms with Crippen LogP contribution in [0.4, 0.5) is 14.4 Å². The van der Waals surface area contributed by atoms with Crippen molar-refractivity contribution in [2.24, 2.45) is 0 Å². The number of esters is 1. The van der Waals surface area contributed by atoms with Crippen LogP contribution < -0.4 is 5.32 Å². The predicted molar refractivity (Wildman–Crippen MR) is 102 cm³/mol. The molecule has 2 rings (SSSR count). The Hall–Kier alpha value is -3.10. The molecular formula is C20H26N2O7. The van der Waals surface area contributed by atoms with Gasteiger partial charge in [0.05, 0.1) is 0 Å². The van der Waals surface area contributed by atoms with Crippen molar-refractivity contribution in [1.29, 1.82) is 0 Å². The zero-order valence-electron chi connectivity index (χ0n) is 16.8. The highest BCUT2D eigenvalue weighted by atomic mass is 16.6. The predicted octanol–water partition coefficient (Wildman–Crippen LogP) is 3.37. The summed E-state index contributed by atoms with van der Waals surface area (Å²) in [5, 5.41) is 2.61. The standard InChI is InChI=1S/C20H26N2O7/c1-20(2,3)29-19(26)22-15(16(23)28-18(22)25)11-7-8-12-21-17(24)27-13-14-9-5-4-6-10-14/h4-6,9-10,15H,7-8,11-13H2,1-3H3,(H,21,24). The van der Waals surface area contributed by atoms with Gasteiger partial charge in [-0.15, -0.1) is 0 Å². The van der Waals surface area contributed by atoms with Crippen molar-refractivity contribution in [3.63, 3.8) is 0 Å². The van der Waals surface area contributed by atoms with Crippen molar-refractivity contribution in [2.75, 3.05) is 6.54 Å². The molecule has 0 radical (unpaired) electrons. The number of unbranched alkanes of at least 4 members (excludes halogenated alkanes) is 1. The van der Waals surface area contributed by atoms with Crippen LogP contribution in [0.1, 0.15) is 45.6 Å². The second-order valence-electron chi connectivity index (χ2n) is 7.54. The molecule has 1 heterocycles. The summed E-state index contributed by atoms with van der Waals surface area (Å²) in [4.78, 5) is 48.2. The minimum absolute atomic E-state index is 0.174. The molecule has 3 amide bonds. The lowest BCUT2D eigenvalue weighted by atomic mass is 10.1. The molecule has 1 aromatic rings. The van der Waals surface area contributed by atoms with Crippen molar-refractivity contribution < 1.29 is 33.4 Å². The molecule has 0 aliphatic carbocycles. The van der Waals surface area contributed by atoms with Crippen LogP contribution in [0.2, 0.25) is 0 Å². The molecule has 1 saturated heterocycles. The Morgan fingerprint density at radius 2 is 1.83 bits per heavy atom. The number of nitrogens with zero attached hydrogens (tertiary/aromatic N) is 1. The summed E-state index contributed by atoms with van der Waals surface area (Å²) < 4.78 is 14.8. The first-order valence-corrected chi connectivity index (χ1v) is 9.40. The first-order chi connectivity index (χ1) is 13.7. The lowest BCUT2D eigenvalue weighted by molar-refractivity contribution is -0.136. The van der Waals surface area contributed by atoms with Crippen molar-refractivity contribution in [1.82, 2.24) is 10.2 Å². The summed E-state index contributed by atoms with van der Waals surface area (Å²) in [7, 11) is 0. The van der Waals surface area contributed by atoms with Crippen LogP contribution in [-0.4, -0.2) is 47.3 Å². The Morgan fingerprint density at radius 1 is 1.14 bits per heavy atom. The van der Waals surface area contributed by atoms with Gasteiger partial charge in [0.2, 0.25) is 0 Å². The number of imide groups is 1. The summed E-state index contributed by atoms with van der Waals surface area (Å²) >= 11 is 0. The third-order valence-corrected chi connectivity index (χ3v) is 3.94. The highest BCUT2D eigenvalue weighted by Gasteiger charge is 2.46. The zero-order valence-corrected chi connectivity index (χ0v) is 16.8. The Labute approximate surface area is 169 Å². The van der Waals surface area contributed by atoms with Crippen LogP contribution >= 0.6 is 0 Å². The van der Waals surface area contributed by atoms with E-state index in [2.05, 4.69) is 10.1 Å². The molecule has 9 heteroatoms. The number of carbonyl (C=O) groups is 4. The van der Waals surface area contributed by atoms with Gasteiger partial charge in [0.1, 0.15) is 18.2 Å². The third kappa shape index (κ3) is 7.10. The molecule has 0 spiro atoms. The number of amides is 3. The maximum Gasteiger partial charge on any atom is 0.427 e. The smallest absolute Gasteiger partial charge is 0.427 e. The maximum absolute atomic E-state index is 12.2. The van der Waals surface area contributed by atoms with Gasteiger partial charge in [-0.1, -0.05) is 30.3 Å². The second kappa shape index (κ2) is 9.90. The average molecular weight is 406 g/mol. The van der Waals surface area contributed by atoms with Crippen LogP contribution in [0.3, 0.4) is 0 Å². The monoisotopic (exact) mass is 406 g/mol. The van der Waals surface area contributed by atoms with E-state index in [0.29, 0.717) is 24.3 Å². The number of benzene rings is 1. The fourth-order valence-corrected chi connectivity index (χ4v) is 2.62. The third-order valence-electron chi connectivity index (χ3n) is 3.94. The largest absolute Gasteiger partial charge is 0.445 e. The highest BCUT2D eigenvalue weighted by molar-refractivity contribution is 6.03. The summed E-state index contributed by atoms with van der Waals surface area (Å²) in [6.07, 6.45) is -1.27. The molecule has 0 saturated carbocycles. The molecule has 0 bridgehead atoms. The maximum atomic E-state index is 12.2. The van der Waals surface area contributed by atoms with Crippen LogP contribution in [0.25, 0.3) is 0 Å². The summed E-state index contributed by atoms with van der Waals surface area (Å²) in [5.41, 5.74) is 0.0757.